The van der Waals surface area contributed by atoms with Crippen molar-refractivity contribution < 1.29 is 5.11 Å². The maximum absolute atomic E-state index is 9.35. The molecule has 0 bridgehead atoms. The minimum absolute atomic E-state index is 0.0433. The van der Waals surface area contributed by atoms with E-state index in [1.165, 1.54) is 32.4 Å². The van der Waals surface area contributed by atoms with Gasteiger partial charge in [0, 0.05) is 31.2 Å². The van der Waals surface area contributed by atoms with Gasteiger partial charge in [-0.2, -0.15) is 0 Å². The van der Waals surface area contributed by atoms with E-state index in [0.717, 1.165) is 19.5 Å². The number of aliphatic hydroxyl groups excluding tert-OH is 1. The smallest absolute Gasteiger partial charge is 0.0496 e. The van der Waals surface area contributed by atoms with Gasteiger partial charge in [0.2, 0.25) is 0 Å². The summed E-state index contributed by atoms with van der Waals surface area (Å²) in [4.78, 5) is 2.58. The standard InChI is InChI=1S/C14H30N2O/c1-4-14(3,12-17)11-15-10-13(2)16-8-6-5-7-9-16/h13,15,17H,4-12H2,1-3H3. The topological polar surface area (TPSA) is 35.5 Å². The second kappa shape index (κ2) is 7.34. The Balaban J connectivity index is 2.20. The Morgan fingerprint density at radius 3 is 2.47 bits per heavy atom. The third-order valence-corrected chi connectivity index (χ3v) is 4.24. The summed E-state index contributed by atoms with van der Waals surface area (Å²) >= 11 is 0. The molecule has 2 atom stereocenters. The Bertz CT molecular complexity index is 198. The molecular formula is C14H30N2O. The lowest BCUT2D eigenvalue weighted by molar-refractivity contribution is 0.126. The molecule has 1 saturated heterocycles. The molecule has 1 heterocycles. The number of aliphatic hydroxyl groups is 1. The van der Waals surface area contributed by atoms with Crippen LogP contribution in [-0.4, -0.2) is 48.8 Å². The summed E-state index contributed by atoms with van der Waals surface area (Å²) in [6.07, 6.45) is 5.13. The van der Waals surface area contributed by atoms with Gasteiger partial charge in [-0.25, -0.2) is 0 Å². The monoisotopic (exact) mass is 242 g/mol. The highest BCUT2D eigenvalue weighted by Gasteiger charge is 2.21. The van der Waals surface area contributed by atoms with Gasteiger partial charge in [-0.05, 0) is 39.3 Å². The number of hydrogen-bond donors (Lipinski definition) is 2. The predicted octanol–water partition coefficient (Wildman–Crippen LogP) is 1.86. The molecule has 2 N–H and O–H groups in total. The van der Waals surface area contributed by atoms with Crippen LogP contribution < -0.4 is 5.32 Å². The number of piperidine rings is 1. The first kappa shape index (κ1) is 14.9. The molecule has 1 aliphatic heterocycles. The first-order valence-corrected chi connectivity index (χ1v) is 7.17. The number of nitrogens with zero attached hydrogens (tertiary/aromatic N) is 1. The lowest BCUT2D eigenvalue weighted by atomic mass is 9.88. The van der Waals surface area contributed by atoms with E-state index in [2.05, 4.69) is 31.0 Å². The molecule has 102 valence electrons. The zero-order valence-corrected chi connectivity index (χ0v) is 11.8. The maximum Gasteiger partial charge on any atom is 0.0496 e. The highest BCUT2D eigenvalue weighted by atomic mass is 16.3. The fraction of sp³-hybridized carbons (Fsp3) is 1.00. The average Bonchev–Trinajstić information content (AvgIpc) is 2.39. The molecule has 0 spiro atoms. The van der Waals surface area contributed by atoms with Gasteiger partial charge >= 0.3 is 0 Å². The Kier molecular flexibility index (Phi) is 6.45. The van der Waals surface area contributed by atoms with Gasteiger partial charge in [0.05, 0.1) is 0 Å². The van der Waals surface area contributed by atoms with Crippen molar-refractivity contribution in [2.24, 2.45) is 5.41 Å². The van der Waals surface area contributed by atoms with Crippen LogP contribution >= 0.6 is 0 Å². The summed E-state index contributed by atoms with van der Waals surface area (Å²) in [5.41, 5.74) is 0.0433. The Labute approximate surface area is 107 Å². The van der Waals surface area contributed by atoms with E-state index in [9.17, 15) is 5.11 Å². The molecule has 0 aliphatic carbocycles. The summed E-state index contributed by atoms with van der Waals surface area (Å²) in [5.74, 6) is 0. The molecule has 3 heteroatoms. The Hall–Kier alpha value is -0.120. The van der Waals surface area contributed by atoms with Crippen molar-refractivity contribution in [2.75, 3.05) is 32.8 Å². The van der Waals surface area contributed by atoms with E-state index in [1.54, 1.807) is 0 Å². The van der Waals surface area contributed by atoms with E-state index < -0.39 is 0 Å². The predicted molar refractivity (Wildman–Crippen MR) is 73.2 cm³/mol. The molecule has 0 radical (unpaired) electrons. The molecule has 1 fully saturated rings. The van der Waals surface area contributed by atoms with Crippen LogP contribution in [0, 0.1) is 5.41 Å². The highest BCUT2D eigenvalue weighted by molar-refractivity contribution is 4.77. The number of nitrogens with one attached hydrogen (secondary N) is 1. The quantitative estimate of drug-likeness (QED) is 0.715. The van der Waals surface area contributed by atoms with Crippen molar-refractivity contribution in [1.82, 2.24) is 10.2 Å². The van der Waals surface area contributed by atoms with Crippen LogP contribution in [-0.2, 0) is 0 Å². The van der Waals surface area contributed by atoms with Crippen LogP contribution in [0.15, 0.2) is 0 Å². The molecule has 1 rings (SSSR count). The van der Waals surface area contributed by atoms with Crippen molar-refractivity contribution in [2.45, 2.75) is 52.5 Å². The molecule has 0 aromatic rings. The SMILES string of the molecule is CCC(C)(CO)CNCC(C)N1CCCCC1. The minimum Gasteiger partial charge on any atom is -0.396 e. The second-order valence-corrected chi connectivity index (χ2v) is 5.90. The highest BCUT2D eigenvalue weighted by Crippen LogP contribution is 2.18. The molecule has 0 aromatic heterocycles. The first-order chi connectivity index (χ1) is 8.11. The fourth-order valence-corrected chi connectivity index (χ4v) is 2.36. The summed E-state index contributed by atoms with van der Waals surface area (Å²) < 4.78 is 0. The van der Waals surface area contributed by atoms with Gasteiger partial charge in [-0.3, -0.25) is 4.90 Å². The zero-order chi connectivity index (χ0) is 12.7. The first-order valence-electron chi connectivity index (χ1n) is 7.17. The molecular weight excluding hydrogens is 212 g/mol. The lowest BCUT2D eigenvalue weighted by Gasteiger charge is -2.33. The van der Waals surface area contributed by atoms with Gasteiger partial charge in [0.25, 0.3) is 0 Å². The summed E-state index contributed by atoms with van der Waals surface area (Å²) in [5, 5.41) is 12.9. The van der Waals surface area contributed by atoms with Crippen molar-refractivity contribution in [1.29, 1.82) is 0 Å². The summed E-state index contributed by atoms with van der Waals surface area (Å²) in [7, 11) is 0. The summed E-state index contributed by atoms with van der Waals surface area (Å²) in [6.45, 7) is 11.3. The average molecular weight is 242 g/mol. The van der Waals surface area contributed by atoms with Crippen LogP contribution in [0.1, 0.15) is 46.5 Å². The number of hydrogen-bond acceptors (Lipinski definition) is 3. The third-order valence-electron chi connectivity index (χ3n) is 4.24. The fourth-order valence-electron chi connectivity index (χ4n) is 2.36. The van der Waals surface area contributed by atoms with Crippen LogP contribution in [0.25, 0.3) is 0 Å². The molecule has 17 heavy (non-hydrogen) atoms. The maximum atomic E-state index is 9.35. The minimum atomic E-state index is 0.0433. The molecule has 0 saturated carbocycles. The summed E-state index contributed by atoms with van der Waals surface area (Å²) in [6, 6.07) is 0.620. The van der Waals surface area contributed by atoms with E-state index in [1.807, 2.05) is 0 Å². The van der Waals surface area contributed by atoms with Crippen LogP contribution in [0.3, 0.4) is 0 Å². The zero-order valence-electron chi connectivity index (χ0n) is 11.8. The van der Waals surface area contributed by atoms with Crippen LogP contribution in [0.5, 0.6) is 0 Å². The van der Waals surface area contributed by atoms with Gasteiger partial charge < -0.3 is 10.4 Å². The van der Waals surface area contributed by atoms with Crippen molar-refractivity contribution >= 4 is 0 Å². The van der Waals surface area contributed by atoms with Crippen molar-refractivity contribution in [3.05, 3.63) is 0 Å². The number of rotatable bonds is 7. The van der Waals surface area contributed by atoms with E-state index in [-0.39, 0.29) is 12.0 Å². The van der Waals surface area contributed by atoms with Crippen LogP contribution in [0.4, 0.5) is 0 Å². The lowest BCUT2D eigenvalue weighted by Crippen LogP contribution is -2.45. The van der Waals surface area contributed by atoms with Gasteiger partial charge in [-0.1, -0.05) is 20.3 Å². The van der Waals surface area contributed by atoms with E-state index >= 15 is 0 Å². The Morgan fingerprint density at radius 2 is 1.94 bits per heavy atom. The normalized spacial score (nSPS) is 23.3. The van der Waals surface area contributed by atoms with Crippen molar-refractivity contribution in [3.63, 3.8) is 0 Å². The molecule has 2 unspecified atom stereocenters. The van der Waals surface area contributed by atoms with Crippen LogP contribution in [0.2, 0.25) is 0 Å². The third kappa shape index (κ3) is 4.94. The molecule has 3 nitrogen and oxygen atoms in total. The molecule has 0 amide bonds. The van der Waals surface area contributed by atoms with Crippen molar-refractivity contribution in [3.8, 4) is 0 Å². The van der Waals surface area contributed by atoms with E-state index in [0.29, 0.717) is 6.04 Å². The van der Waals surface area contributed by atoms with E-state index in [4.69, 9.17) is 0 Å². The Morgan fingerprint density at radius 1 is 1.29 bits per heavy atom. The largest absolute Gasteiger partial charge is 0.396 e. The van der Waals surface area contributed by atoms with Gasteiger partial charge in [0.1, 0.15) is 0 Å². The number of likely N-dealkylation sites (tertiary alicyclic amines) is 1. The molecule has 1 aliphatic rings. The van der Waals surface area contributed by atoms with Gasteiger partial charge in [-0.15, -0.1) is 0 Å². The second-order valence-electron chi connectivity index (χ2n) is 5.90. The molecule has 0 aromatic carbocycles. The van der Waals surface area contributed by atoms with Gasteiger partial charge in [0.15, 0.2) is 0 Å².